The lowest BCUT2D eigenvalue weighted by Crippen LogP contribution is -2.50. The molecule has 0 spiro atoms. The number of hydrogen-bond acceptors (Lipinski definition) is 5. The third-order valence-electron chi connectivity index (χ3n) is 4.39. The minimum atomic E-state index is -0.450. The number of urea groups is 1. The number of rotatable bonds is 3. The number of nitrogens with zero attached hydrogens (tertiary/aromatic N) is 3. The van der Waals surface area contributed by atoms with Gasteiger partial charge in [0.05, 0.1) is 18.7 Å². The Labute approximate surface area is 151 Å². The van der Waals surface area contributed by atoms with Crippen molar-refractivity contribution in [2.24, 2.45) is 0 Å². The zero-order chi connectivity index (χ0) is 18.8. The van der Waals surface area contributed by atoms with Crippen LogP contribution in [-0.2, 0) is 4.74 Å². The number of aromatic nitrogens is 2. The van der Waals surface area contributed by atoms with Crippen LogP contribution in [0.3, 0.4) is 0 Å². The first-order valence-electron chi connectivity index (χ1n) is 8.60. The molecule has 2 aromatic rings. The Morgan fingerprint density at radius 1 is 1.38 bits per heavy atom. The topological polar surface area (TPSA) is 80.5 Å². The summed E-state index contributed by atoms with van der Waals surface area (Å²) in [5.41, 5.74) is 1.40. The number of morpholine rings is 1. The molecule has 1 aliphatic heterocycles. The van der Waals surface area contributed by atoms with Gasteiger partial charge in [0.1, 0.15) is 5.82 Å². The van der Waals surface area contributed by atoms with Crippen molar-refractivity contribution in [2.75, 3.05) is 13.1 Å². The van der Waals surface area contributed by atoms with E-state index in [1.54, 1.807) is 30.9 Å². The van der Waals surface area contributed by atoms with Gasteiger partial charge in [-0.15, -0.1) is 0 Å². The number of halogens is 1. The van der Waals surface area contributed by atoms with E-state index in [9.17, 15) is 9.18 Å². The summed E-state index contributed by atoms with van der Waals surface area (Å²) in [6, 6.07) is 4.38. The number of aryl methyl sites for hydroxylation is 2. The van der Waals surface area contributed by atoms with Crippen molar-refractivity contribution in [2.45, 2.75) is 45.9 Å². The zero-order valence-corrected chi connectivity index (χ0v) is 15.3. The summed E-state index contributed by atoms with van der Waals surface area (Å²) in [7, 11) is 0. The van der Waals surface area contributed by atoms with E-state index in [1.165, 1.54) is 6.07 Å². The van der Waals surface area contributed by atoms with Crippen molar-refractivity contribution in [1.29, 1.82) is 0 Å². The van der Waals surface area contributed by atoms with E-state index in [4.69, 9.17) is 9.26 Å². The fourth-order valence-corrected chi connectivity index (χ4v) is 2.99. The summed E-state index contributed by atoms with van der Waals surface area (Å²) < 4.78 is 24.4. The molecule has 0 aliphatic carbocycles. The highest BCUT2D eigenvalue weighted by atomic mass is 19.1. The molecule has 0 unspecified atom stereocenters. The Kier molecular flexibility index (Phi) is 5.22. The maximum absolute atomic E-state index is 13.4. The molecule has 1 saturated heterocycles. The summed E-state index contributed by atoms with van der Waals surface area (Å²) >= 11 is 0. The second kappa shape index (κ2) is 7.41. The van der Waals surface area contributed by atoms with Crippen LogP contribution in [0.4, 0.5) is 9.18 Å². The molecule has 3 atom stereocenters. The largest absolute Gasteiger partial charge is 0.362 e. The molecule has 140 valence electrons. The van der Waals surface area contributed by atoms with E-state index in [0.717, 1.165) is 5.56 Å². The number of ether oxygens (including phenoxy) is 1. The zero-order valence-electron chi connectivity index (χ0n) is 15.3. The fourth-order valence-electron chi connectivity index (χ4n) is 2.99. The lowest BCUT2D eigenvalue weighted by Gasteiger charge is -2.35. The quantitative estimate of drug-likeness (QED) is 0.908. The minimum absolute atomic E-state index is 0.157. The van der Waals surface area contributed by atoms with E-state index >= 15 is 0 Å². The average Bonchev–Trinajstić information content (AvgIpc) is 3.03. The van der Waals surface area contributed by atoms with Gasteiger partial charge in [-0.1, -0.05) is 17.3 Å². The maximum Gasteiger partial charge on any atom is 0.318 e. The Hall–Kier alpha value is -2.48. The van der Waals surface area contributed by atoms with Gasteiger partial charge in [0.15, 0.2) is 11.9 Å². The summed E-state index contributed by atoms with van der Waals surface area (Å²) in [5, 5.41) is 6.73. The van der Waals surface area contributed by atoms with Gasteiger partial charge >= 0.3 is 6.03 Å². The van der Waals surface area contributed by atoms with Crippen LogP contribution in [0.2, 0.25) is 0 Å². The Balaban J connectivity index is 1.67. The Morgan fingerprint density at radius 2 is 2.15 bits per heavy atom. The number of benzene rings is 1. The SMILES string of the molecule is Cc1noc([C@H]2CN(C(=O)N[C@H](C)c3ccc(F)c(C)c3)C[C@@H](C)O2)n1. The number of carbonyl (C=O) groups is 1. The second-order valence-electron chi connectivity index (χ2n) is 6.70. The van der Waals surface area contributed by atoms with Gasteiger partial charge in [0, 0.05) is 6.54 Å². The molecule has 1 N–H and O–H groups in total. The number of carbonyl (C=O) groups excluding carboxylic acids is 1. The first kappa shape index (κ1) is 18.3. The molecular formula is C18H23FN4O3. The predicted molar refractivity (Wildman–Crippen MR) is 92.0 cm³/mol. The number of hydrogen-bond donors (Lipinski definition) is 1. The van der Waals surface area contributed by atoms with Gasteiger partial charge in [-0.3, -0.25) is 0 Å². The van der Waals surface area contributed by atoms with E-state index in [0.29, 0.717) is 30.4 Å². The normalized spacial score (nSPS) is 21.5. The molecule has 0 bridgehead atoms. The van der Waals surface area contributed by atoms with Crippen molar-refractivity contribution in [3.05, 3.63) is 46.9 Å². The van der Waals surface area contributed by atoms with Crippen LogP contribution >= 0.6 is 0 Å². The first-order valence-corrected chi connectivity index (χ1v) is 8.60. The molecule has 0 radical (unpaired) electrons. The van der Waals surface area contributed by atoms with Gasteiger partial charge < -0.3 is 19.5 Å². The molecule has 0 saturated carbocycles. The lowest BCUT2D eigenvalue weighted by molar-refractivity contribution is -0.0783. The molecule has 2 heterocycles. The van der Waals surface area contributed by atoms with Crippen LogP contribution in [0.1, 0.15) is 48.8 Å². The molecule has 26 heavy (non-hydrogen) atoms. The standard InChI is InChI=1S/C18H23FN4O3/c1-10-7-14(5-6-15(10)19)12(3)20-18(24)23-8-11(2)25-16(9-23)17-21-13(4)22-26-17/h5-7,11-12,16H,8-9H2,1-4H3,(H,20,24)/t11-,12-,16-/m1/s1. The van der Waals surface area contributed by atoms with Gasteiger partial charge in [-0.2, -0.15) is 4.98 Å². The van der Waals surface area contributed by atoms with Gasteiger partial charge in [0.25, 0.3) is 5.89 Å². The molecule has 1 fully saturated rings. The number of nitrogens with one attached hydrogen (secondary N) is 1. The summed E-state index contributed by atoms with van der Waals surface area (Å²) in [5.74, 6) is 0.638. The monoisotopic (exact) mass is 362 g/mol. The first-order chi connectivity index (χ1) is 12.3. The van der Waals surface area contributed by atoms with Gasteiger partial charge in [-0.25, -0.2) is 9.18 Å². The van der Waals surface area contributed by atoms with Crippen LogP contribution in [0.5, 0.6) is 0 Å². The van der Waals surface area contributed by atoms with Gasteiger partial charge in [-0.05, 0) is 44.9 Å². The molecule has 3 rings (SSSR count). The highest BCUT2D eigenvalue weighted by molar-refractivity contribution is 5.75. The third kappa shape index (κ3) is 4.01. The molecule has 1 aromatic heterocycles. The lowest BCUT2D eigenvalue weighted by atomic mass is 10.1. The number of amides is 2. The molecule has 1 aliphatic rings. The Morgan fingerprint density at radius 3 is 2.81 bits per heavy atom. The molecular weight excluding hydrogens is 339 g/mol. The molecule has 1 aromatic carbocycles. The molecule has 7 nitrogen and oxygen atoms in total. The maximum atomic E-state index is 13.4. The van der Waals surface area contributed by atoms with E-state index in [1.807, 2.05) is 13.8 Å². The highest BCUT2D eigenvalue weighted by Gasteiger charge is 2.33. The molecule has 8 heteroatoms. The average molecular weight is 362 g/mol. The van der Waals surface area contributed by atoms with Crippen molar-refractivity contribution < 1.29 is 18.4 Å². The van der Waals surface area contributed by atoms with Crippen LogP contribution in [0.25, 0.3) is 0 Å². The minimum Gasteiger partial charge on any atom is -0.362 e. The van der Waals surface area contributed by atoms with Crippen LogP contribution in [0.15, 0.2) is 22.7 Å². The van der Waals surface area contributed by atoms with Crippen LogP contribution in [0, 0.1) is 19.7 Å². The van der Waals surface area contributed by atoms with Crippen LogP contribution < -0.4 is 5.32 Å². The Bertz CT molecular complexity index is 794. The fraction of sp³-hybridized carbons (Fsp3) is 0.500. The van der Waals surface area contributed by atoms with Crippen molar-refractivity contribution in [3.63, 3.8) is 0 Å². The third-order valence-corrected chi connectivity index (χ3v) is 4.39. The van der Waals surface area contributed by atoms with E-state index in [2.05, 4.69) is 15.5 Å². The summed E-state index contributed by atoms with van der Waals surface area (Å²) in [6.45, 7) is 7.98. The second-order valence-corrected chi connectivity index (χ2v) is 6.70. The smallest absolute Gasteiger partial charge is 0.318 e. The van der Waals surface area contributed by atoms with Crippen molar-refractivity contribution in [3.8, 4) is 0 Å². The van der Waals surface area contributed by atoms with E-state index in [-0.39, 0.29) is 24.0 Å². The van der Waals surface area contributed by atoms with Crippen molar-refractivity contribution in [1.82, 2.24) is 20.4 Å². The van der Waals surface area contributed by atoms with Crippen LogP contribution in [-0.4, -0.2) is 40.3 Å². The van der Waals surface area contributed by atoms with Crippen molar-refractivity contribution >= 4 is 6.03 Å². The highest BCUT2D eigenvalue weighted by Crippen LogP contribution is 2.24. The predicted octanol–water partition coefficient (Wildman–Crippen LogP) is 3.06. The summed E-state index contributed by atoms with van der Waals surface area (Å²) in [4.78, 5) is 18.5. The summed E-state index contributed by atoms with van der Waals surface area (Å²) in [6.07, 6.45) is -0.607. The van der Waals surface area contributed by atoms with Gasteiger partial charge in [0.2, 0.25) is 0 Å². The van der Waals surface area contributed by atoms with E-state index < -0.39 is 6.10 Å². The molecule has 2 amide bonds.